The Labute approximate surface area is 118 Å². The molecule has 0 radical (unpaired) electrons. The Hall–Kier alpha value is -0.720. The molecule has 0 aromatic rings. The molecule has 0 spiro atoms. The summed E-state index contributed by atoms with van der Waals surface area (Å²) in [6.07, 6.45) is 11.7. The zero-order valence-electron chi connectivity index (χ0n) is 12.7. The maximum absolute atomic E-state index is 5.90. The lowest BCUT2D eigenvalue weighted by atomic mass is 9.54. The first-order valence-electron chi connectivity index (χ1n) is 8.01. The van der Waals surface area contributed by atoms with Crippen LogP contribution in [0, 0.1) is 28.6 Å². The zero-order chi connectivity index (χ0) is 13.7. The van der Waals surface area contributed by atoms with Gasteiger partial charge < -0.3 is 4.74 Å². The van der Waals surface area contributed by atoms with Crippen LogP contribution in [0.15, 0.2) is 24.5 Å². The van der Waals surface area contributed by atoms with Gasteiger partial charge in [0.05, 0.1) is 12.4 Å². The normalized spacial score (nSPS) is 42.2. The molecule has 0 aliphatic heterocycles. The second-order valence-electron chi connectivity index (χ2n) is 7.36. The molecular formula is C18H28O. The Morgan fingerprint density at radius 3 is 2.37 bits per heavy atom. The van der Waals surface area contributed by atoms with E-state index in [1.165, 1.54) is 32.1 Å². The Balaban J connectivity index is 1.97. The highest BCUT2D eigenvalue weighted by atomic mass is 16.5. The lowest BCUT2D eigenvalue weighted by molar-refractivity contribution is 0.0127. The molecule has 0 N–H and O–H groups in total. The summed E-state index contributed by atoms with van der Waals surface area (Å²) in [4.78, 5) is 0. The van der Waals surface area contributed by atoms with E-state index in [-0.39, 0.29) is 5.41 Å². The van der Waals surface area contributed by atoms with E-state index < -0.39 is 0 Å². The summed E-state index contributed by atoms with van der Waals surface area (Å²) in [5, 5.41) is 0. The Morgan fingerprint density at radius 1 is 1.21 bits per heavy atom. The number of hydrogen-bond donors (Lipinski definition) is 0. The van der Waals surface area contributed by atoms with E-state index in [0.29, 0.717) is 11.3 Å². The van der Waals surface area contributed by atoms with Crippen LogP contribution in [-0.2, 0) is 4.74 Å². The van der Waals surface area contributed by atoms with Crippen LogP contribution < -0.4 is 0 Å². The molecule has 2 fully saturated rings. The minimum Gasteiger partial charge on any atom is -0.498 e. The van der Waals surface area contributed by atoms with Gasteiger partial charge in [-0.3, -0.25) is 0 Å². The highest BCUT2D eigenvalue weighted by Gasteiger charge is 2.58. The van der Waals surface area contributed by atoms with Gasteiger partial charge in [-0.15, -0.1) is 0 Å². The van der Waals surface area contributed by atoms with E-state index in [1.54, 1.807) is 0 Å². The molecule has 0 aromatic carbocycles. The van der Waals surface area contributed by atoms with Crippen LogP contribution in [0.1, 0.15) is 52.9 Å². The van der Waals surface area contributed by atoms with Gasteiger partial charge in [0.1, 0.15) is 0 Å². The number of ether oxygens (including phenoxy) is 1. The van der Waals surface area contributed by atoms with Crippen LogP contribution >= 0.6 is 0 Å². The van der Waals surface area contributed by atoms with Crippen molar-refractivity contribution in [2.75, 3.05) is 6.61 Å². The molecule has 0 amide bonds. The molecule has 3 aliphatic rings. The second kappa shape index (κ2) is 4.40. The van der Waals surface area contributed by atoms with Crippen LogP contribution in [0.3, 0.4) is 0 Å². The molecule has 1 heteroatoms. The van der Waals surface area contributed by atoms with Gasteiger partial charge >= 0.3 is 0 Å². The summed E-state index contributed by atoms with van der Waals surface area (Å²) in [6.45, 7) is 12.1. The molecule has 0 saturated heterocycles. The van der Waals surface area contributed by atoms with E-state index in [1.807, 2.05) is 0 Å². The first-order valence-corrected chi connectivity index (χ1v) is 8.01. The zero-order valence-corrected chi connectivity index (χ0v) is 12.7. The predicted octanol–water partition coefficient (Wildman–Crippen LogP) is 4.95. The molecular weight excluding hydrogens is 232 g/mol. The van der Waals surface area contributed by atoms with Crippen molar-refractivity contribution < 1.29 is 4.74 Å². The lowest BCUT2D eigenvalue weighted by Crippen LogP contribution is -2.45. The molecule has 0 bridgehead atoms. The van der Waals surface area contributed by atoms with Gasteiger partial charge in [0, 0.05) is 5.92 Å². The van der Waals surface area contributed by atoms with Crippen LogP contribution in [0.25, 0.3) is 0 Å². The molecule has 2 saturated carbocycles. The third-order valence-electron chi connectivity index (χ3n) is 5.93. The molecule has 3 rings (SSSR count). The van der Waals surface area contributed by atoms with Crippen molar-refractivity contribution in [1.29, 1.82) is 0 Å². The minimum absolute atomic E-state index is 0.280. The largest absolute Gasteiger partial charge is 0.498 e. The van der Waals surface area contributed by atoms with Gasteiger partial charge in [-0.25, -0.2) is 0 Å². The highest BCUT2D eigenvalue weighted by molar-refractivity contribution is 5.24. The Bertz CT molecular complexity index is 402. The topological polar surface area (TPSA) is 9.23 Å². The molecule has 0 aromatic heterocycles. The van der Waals surface area contributed by atoms with Crippen molar-refractivity contribution in [2.24, 2.45) is 28.6 Å². The quantitative estimate of drug-likeness (QED) is 0.502. The monoisotopic (exact) mass is 260 g/mol. The molecule has 106 valence electrons. The second-order valence-corrected chi connectivity index (χ2v) is 7.36. The van der Waals surface area contributed by atoms with E-state index >= 15 is 0 Å². The fraction of sp³-hybridized carbons (Fsp3) is 0.778. The standard InChI is InChI=1S/C18H28O/c1-5-19-13(2)16-17(3,14-7-8-14)11-6-12-18(16,4)15-9-10-15/h6,11,14-16H,2,5,7-10,12H2,1,3-4H3. The summed E-state index contributed by atoms with van der Waals surface area (Å²) in [5.74, 6) is 3.29. The van der Waals surface area contributed by atoms with Crippen molar-refractivity contribution in [3.8, 4) is 0 Å². The average Bonchev–Trinajstić information content (AvgIpc) is 3.18. The number of allylic oxidation sites excluding steroid dienone is 3. The first kappa shape index (κ1) is 13.3. The molecule has 1 nitrogen and oxygen atoms in total. The fourth-order valence-electron chi connectivity index (χ4n) is 4.70. The van der Waals surface area contributed by atoms with Crippen LogP contribution in [0.5, 0.6) is 0 Å². The van der Waals surface area contributed by atoms with Crippen molar-refractivity contribution >= 4 is 0 Å². The van der Waals surface area contributed by atoms with Crippen molar-refractivity contribution in [1.82, 2.24) is 0 Å². The van der Waals surface area contributed by atoms with Gasteiger partial charge in [-0.2, -0.15) is 0 Å². The van der Waals surface area contributed by atoms with Crippen LogP contribution in [0.4, 0.5) is 0 Å². The van der Waals surface area contributed by atoms with Crippen LogP contribution in [0.2, 0.25) is 0 Å². The molecule has 19 heavy (non-hydrogen) atoms. The minimum atomic E-state index is 0.280. The van der Waals surface area contributed by atoms with Crippen molar-refractivity contribution in [3.05, 3.63) is 24.5 Å². The van der Waals surface area contributed by atoms with Gasteiger partial charge in [0.15, 0.2) is 0 Å². The number of hydrogen-bond acceptors (Lipinski definition) is 1. The average molecular weight is 260 g/mol. The van der Waals surface area contributed by atoms with Crippen molar-refractivity contribution in [2.45, 2.75) is 52.9 Å². The van der Waals surface area contributed by atoms with E-state index in [9.17, 15) is 0 Å². The van der Waals surface area contributed by atoms with E-state index in [4.69, 9.17) is 4.74 Å². The third-order valence-corrected chi connectivity index (χ3v) is 5.93. The number of rotatable bonds is 5. The Kier molecular flexibility index (Phi) is 3.07. The summed E-state index contributed by atoms with van der Waals surface area (Å²) < 4.78 is 5.90. The molecule has 0 heterocycles. The summed E-state index contributed by atoms with van der Waals surface area (Å²) in [7, 11) is 0. The molecule has 3 atom stereocenters. The molecule has 3 aliphatic carbocycles. The van der Waals surface area contributed by atoms with E-state index in [0.717, 1.165) is 24.2 Å². The third kappa shape index (κ3) is 2.06. The van der Waals surface area contributed by atoms with E-state index in [2.05, 4.69) is 39.5 Å². The Morgan fingerprint density at radius 2 is 1.84 bits per heavy atom. The summed E-state index contributed by atoms with van der Waals surface area (Å²) in [6, 6.07) is 0. The molecule has 3 unspecified atom stereocenters. The fourth-order valence-corrected chi connectivity index (χ4v) is 4.70. The summed E-state index contributed by atoms with van der Waals surface area (Å²) in [5.41, 5.74) is 0.653. The van der Waals surface area contributed by atoms with Crippen molar-refractivity contribution in [3.63, 3.8) is 0 Å². The lowest BCUT2D eigenvalue weighted by Gasteiger charge is -2.50. The van der Waals surface area contributed by atoms with Gasteiger partial charge in [-0.1, -0.05) is 32.6 Å². The SMILES string of the molecule is C=C(OCC)C1C(C)(C2CC2)C=CCC1(C)C1CC1. The van der Waals surface area contributed by atoms with Gasteiger partial charge in [0.25, 0.3) is 0 Å². The summed E-state index contributed by atoms with van der Waals surface area (Å²) >= 11 is 0. The smallest absolute Gasteiger partial charge is 0.0933 e. The van der Waals surface area contributed by atoms with Gasteiger partial charge in [-0.05, 0) is 61.7 Å². The van der Waals surface area contributed by atoms with Gasteiger partial charge in [0.2, 0.25) is 0 Å². The highest BCUT2D eigenvalue weighted by Crippen LogP contribution is 2.65. The maximum atomic E-state index is 5.90. The predicted molar refractivity (Wildman–Crippen MR) is 79.7 cm³/mol. The maximum Gasteiger partial charge on any atom is 0.0933 e. The van der Waals surface area contributed by atoms with Crippen LogP contribution in [-0.4, -0.2) is 6.61 Å². The first-order chi connectivity index (χ1) is 9.02.